The van der Waals surface area contributed by atoms with Gasteiger partial charge in [-0.1, -0.05) is 77.2 Å². The van der Waals surface area contributed by atoms with Crippen molar-refractivity contribution in [2.75, 3.05) is 0 Å². The van der Waals surface area contributed by atoms with Crippen LogP contribution in [-0.2, 0) is 6.42 Å². The molecule has 2 rings (SSSR count). The monoisotopic (exact) mass is 370 g/mol. The van der Waals surface area contributed by atoms with Gasteiger partial charge in [0.05, 0.1) is 4.83 Å². The molecule has 0 saturated carbocycles. The minimum absolute atomic E-state index is 0.104. The Labute approximate surface area is 139 Å². The van der Waals surface area contributed by atoms with Gasteiger partial charge >= 0.3 is 0 Å². The molecule has 0 aliphatic rings. The highest BCUT2D eigenvalue weighted by atomic mass is 79.9. The lowest BCUT2D eigenvalue weighted by Gasteiger charge is -2.13. The lowest BCUT2D eigenvalue weighted by molar-refractivity contribution is 0.647. The summed E-state index contributed by atoms with van der Waals surface area (Å²) in [5.74, 6) is 0.673. The van der Waals surface area contributed by atoms with E-state index in [2.05, 4.69) is 54.0 Å². The van der Waals surface area contributed by atoms with Gasteiger partial charge in [0.15, 0.2) is 0 Å². The van der Waals surface area contributed by atoms with Gasteiger partial charge in [-0.25, -0.2) is 0 Å². The summed E-state index contributed by atoms with van der Waals surface area (Å²) in [4.78, 5) is 0.104. The minimum Gasteiger partial charge on any atom is -0.0843 e. The Morgan fingerprint density at radius 1 is 0.900 bits per heavy atom. The second-order valence-corrected chi connectivity index (χ2v) is 7.19. The molecular formula is C17H17BrCl2. The Morgan fingerprint density at radius 2 is 1.45 bits per heavy atom. The van der Waals surface area contributed by atoms with Crippen molar-refractivity contribution in [2.45, 2.75) is 25.1 Å². The van der Waals surface area contributed by atoms with Gasteiger partial charge < -0.3 is 0 Å². The Balaban J connectivity index is 2.22. The average molecular weight is 372 g/mol. The Hall–Kier alpha value is -0.500. The van der Waals surface area contributed by atoms with Crippen LogP contribution < -0.4 is 0 Å². The van der Waals surface area contributed by atoms with Crippen LogP contribution >= 0.6 is 39.1 Å². The number of alkyl halides is 1. The van der Waals surface area contributed by atoms with Crippen molar-refractivity contribution < 1.29 is 0 Å². The number of halogens is 3. The first kappa shape index (κ1) is 15.9. The zero-order chi connectivity index (χ0) is 14.7. The van der Waals surface area contributed by atoms with Gasteiger partial charge in [0, 0.05) is 10.0 Å². The smallest absolute Gasteiger partial charge is 0.0645 e. The van der Waals surface area contributed by atoms with E-state index in [0.29, 0.717) is 16.0 Å². The van der Waals surface area contributed by atoms with Crippen LogP contribution in [0.15, 0.2) is 42.5 Å². The maximum Gasteiger partial charge on any atom is 0.0645 e. The topological polar surface area (TPSA) is 0 Å². The summed E-state index contributed by atoms with van der Waals surface area (Å²) in [6.45, 7) is 4.46. The lowest BCUT2D eigenvalue weighted by atomic mass is 9.99. The van der Waals surface area contributed by atoms with Crippen LogP contribution in [0.4, 0.5) is 0 Å². The maximum atomic E-state index is 6.06. The largest absolute Gasteiger partial charge is 0.0843 e. The molecule has 0 nitrogen and oxygen atoms in total. The highest BCUT2D eigenvalue weighted by Crippen LogP contribution is 2.34. The molecular weight excluding hydrogens is 355 g/mol. The van der Waals surface area contributed by atoms with Crippen molar-refractivity contribution in [1.29, 1.82) is 0 Å². The normalized spacial score (nSPS) is 12.7. The molecule has 0 bridgehead atoms. The molecule has 1 unspecified atom stereocenters. The van der Waals surface area contributed by atoms with E-state index in [4.69, 9.17) is 23.2 Å². The summed E-state index contributed by atoms with van der Waals surface area (Å²) in [5, 5.41) is 1.32. The van der Waals surface area contributed by atoms with E-state index in [-0.39, 0.29) is 4.83 Å². The van der Waals surface area contributed by atoms with Crippen LogP contribution in [0.2, 0.25) is 10.0 Å². The number of benzene rings is 2. The minimum atomic E-state index is 0.104. The molecule has 0 saturated heterocycles. The van der Waals surface area contributed by atoms with E-state index >= 15 is 0 Å². The SMILES string of the molecule is CC(C)Cc1ccc(C(Br)c2cc(Cl)cc(Cl)c2)cc1. The highest BCUT2D eigenvalue weighted by molar-refractivity contribution is 9.09. The lowest BCUT2D eigenvalue weighted by Crippen LogP contribution is -1.96. The number of hydrogen-bond acceptors (Lipinski definition) is 0. The summed E-state index contributed by atoms with van der Waals surface area (Å²) in [7, 11) is 0. The first-order chi connectivity index (χ1) is 9.45. The molecule has 0 N–H and O–H groups in total. The van der Waals surface area contributed by atoms with E-state index in [1.807, 2.05) is 12.1 Å². The van der Waals surface area contributed by atoms with Gasteiger partial charge in [-0.15, -0.1) is 0 Å². The van der Waals surface area contributed by atoms with Crippen LogP contribution in [-0.4, -0.2) is 0 Å². The molecule has 0 aliphatic carbocycles. The Kier molecular flexibility index (Phi) is 5.54. The summed E-state index contributed by atoms with van der Waals surface area (Å²) in [6, 6.07) is 14.3. The fourth-order valence-electron chi connectivity index (χ4n) is 2.21. The zero-order valence-electron chi connectivity index (χ0n) is 11.5. The van der Waals surface area contributed by atoms with Crippen LogP contribution in [0, 0.1) is 5.92 Å². The zero-order valence-corrected chi connectivity index (χ0v) is 14.6. The molecule has 0 aromatic heterocycles. The first-order valence-corrected chi connectivity index (χ1v) is 8.32. The van der Waals surface area contributed by atoms with Gasteiger partial charge in [-0.2, -0.15) is 0 Å². The van der Waals surface area contributed by atoms with Crippen LogP contribution in [0.5, 0.6) is 0 Å². The van der Waals surface area contributed by atoms with E-state index in [9.17, 15) is 0 Å². The summed E-state index contributed by atoms with van der Waals surface area (Å²) >= 11 is 15.8. The first-order valence-electron chi connectivity index (χ1n) is 6.64. The van der Waals surface area contributed by atoms with Crippen molar-refractivity contribution in [1.82, 2.24) is 0 Å². The summed E-state index contributed by atoms with van der Waals surface area (Å²) < 4.78 is 0. The third-order valence-corrected chi connectivity index (χ3v) is 4.59. The van der Waals surface area contributed by atoms with Crippen molar-refractivity contribution >= 4 is 39.1 Å². The van der Waals surface area contributed by atoms with E-state index in [0.717, 1.165) is 12.0 Å². The van der Waals surface area contributed by atoms with Gasteiger partial charge in [-0.3, -0.25) is 0 Å². The standard InChI is InChI=1S/C17H17BrCl2/c1-11(2)7-12-3-5-13(6-4-12)17(18)14-8-15(19)10-16(20)9-14/h3-6,8-11,17H,7H2,1-2H3. The molecule has 2 aromatic rings. The molecule has 20 heavy (non-hydrogen) atoms. The quantitative estimate of drug-likeness (QED) is 0.526. The Morgan fingerprint density at radius 3 is 1.95 bits per heavy atom. The molecule has 2 aromatic carbocycles. The van der Waals surface area contributed by atoms with Crippen LogP contribution in [0.1, 0.15) is 35.4 Å². The van der Waals surface area contributed by atoms with Crippen molar-refractivity contribution in [3.8, 4) is 0 Å². The van der Waals surface area contributed by atoms with Gasteiger partial charge in [0.1, 0.15) is 0 Å². The van der Waals surface area contributed by atoms with E-state index < -0.39 is 0 Å². The predicted octanol–water partition coefficient (Wildman–Crippen LogP) is 6.68. The number of hydrogen-bond donors (Lipinski definition) is 0. The predicted molar refractivity (Wildman–Crippen MR) is 92.2 cm³/mol. The molecule has 106 valence electrons. The maximum absolute atomic E-state index is 6.06. The molecule has 1 atom stereocenters. The third-order valence-electron chi connectivity index (χ3n) is 3.09. The summed E-state index contributed by atoms with van der Waals surface area (Å²) in [6.07, 6.45) is 1.11. The second kappa shape index (κ2) is 6.98. The van der Waals surface area contributed by atoms with Gasteiger partial charge in [-0.05, 0) is 47.2 Å². The van der Waals surface area contributed by atoms with Crippen LogP contribution in [0.25, 0.3) is 0 Å². The average Bonchev–Trinajstić information content (AvgIpc) is 2.37. The Bertz CT molecular complexity index is 556. The molecule has 3 heteroatoms. The van der Waals surface area contributed by atoms with E-state index in [1.54, 1.807) is 6.07 Å². The van der Waals surface area contributed by atoms with Crippen molar-refractivity contribution in [3.05, 3.63) is 69.2 Å². The summed E-state index contributed by atoms with van der Waals surface area (Å²) in [5.41, 5.74) is 3.64. The van der Waals surface area contributed by atoms with E-state index in [1.165, 1.54) is 11.1 Å². The molecule has 0 spiro atoms. The highest BCUT2D eigenvalue weighted by Gasteiger charge is 2.12. The molecule has 0 aliphatic heterocycles. The molecule has 0 radical (unpaired) electrons. The van der Waals surface area contributed by atoms with Crippen LogP contribution in [0.3, 0.4) is 0 Å². The molecule has 0 heterocycles. The second-order valence-electron chi connectivity index (χ2n) is 5.40. The van der Waals surface area contributed by atoms with Crippen molar-refractivity contribution in [3.63, 3.8) is 0 Å². The number of rotatable bonds is 4. The van der Waals surface area contributed by atoms with Gasteiger partial charge in [0.2, 0.25) is 0 Å². The molecule has 0 amide bonds. The van der Waals surface area contributed by atoms with Gasteiger partial charge in [0.25, 0.3) is 0 Å². The fraction of sp³-hybridized carbons (Fsp3) is 0.294. The molecule has 0 fully saturated rings. The third kappa shape index (κ3) is 4.25. The van der Waals surface area contributed by atoms with Crippen molar-refractivity contribution in [2.24, 2.45) is 5.92 Å². The fourth-order valence-corrected chi connectivity index (χ4v) is 3.32.